The van der Waals surface area contributed by atoms with Crippen LogP contribution in [0.5, 0.6) is 0 Å². The summed E-state index contributed by atoms with van der Waals surface area (Å²) in [5, 5.41) is 39.7. The monoisotopic (exact) mass is 562 g/mol. The number of aliphatic hydroxyl groups is 1. The van der Waals surface area contributed by atoms with Crippen molar-refractivity contribution in [2.45, 2.75) is 64.0 Å². The minimum Gasteiger partial charge on any atom is -0.481 e. The number of aryl methyl sites for hydroxylation is 1. The lowest BCUT2D eigenvalue weighted by Crippen LogP contribution is -2.42. The second kappa shape index (κ2) is 15.1. The summed E-state index contributed by atoms with van der Waals surface area (Å²) in [7, 11) is 1.86. The number of carbonyl (C=O) groups excluding carboxylic acids is 1. The number of nitrogens with zero attached hydrogens (tertiary/aromatic N) is 4. The van der Waals surface area contributed by atoms with E-state index in [1.807, 2.05) is 38.2 Å². The van der Waals surface area contributed by atoms with Crippen LogP contribution in [-0.4, -0.2) is 103 Å². The van der Waals surface area contributed by atoms with E-state index in [0.717, 1.165) is 38.0 Å². The SMILES string of the molecule is CCCn1nc(CC(=O)N(C)CCN2CCCCC2)c2ccccc2c1=O.O=C(O)CC(O)(CC(=O)O)C(=O)O. The fourth-order valence-corrected chi connectivity index (χ4v) is 4.39. The first-order chi connectivity index (χ1) is 18.9. The van der Waals surface area contributed by atoms with Crippen LogP contribution >= 0.6 is 0 Å². The summed E-state index contributed by atoms with van der Waals surface area (Å²) in [5.41, 5.74) is -2.13. The third-order valence-electron chi connectivity index (χ3n) is 6.61. The van der Waals surface area contributed by atoms with Crippen molar-refractivity contribution in [1.82, 2.24) is 19.6 Å². The molecule has 13 heteroatoms. The lowest BCUT2D eigenvalue weighted by atomic mass is 9.96. The maximum atomic E-state index is 12.8. The third kappa shape index (κ3) is 9.42. The number of carbonyl (C=O) groups is 4. The van der Waals surface area contributed by atoms with Crippen molar-refractivity contribution in [3.63, 3.8) is 0 Å². The minimum atomic E-state index is -2.74. The van der Waals surface area contributed by atoms with E-state index < -0.39 is 36.4 Å². The molecule has 1 fully saturated rings. The van der Waals surface area contributed by atoms with E-state index in [-0.39, 0.29) is 17.9 Å². The molecule has 0 saturated carbocycles. The smallest absolute Gasteiger partial charge is 0.336 e. The van der Waals surface area contributed by atoms with E-state index in [0.29, 0.717) is 17.6 Å². The quantitative estimate of drug-likeness (QED) is 0.289. The Kier molecular flexibility index (Phi) is 12.2. The van der Waals surface area contributed by atoms with Crippen molar-refractivity contribution >= 4 is 34.6 Å². The number of likely N-dealkylation sites (N-methyl/N-ethyl adjacent to an activating group) is 1. The van der Waals surface area contributed by atoms with Crippen LogP contribution in [0.15, 0.2) is 29.1 Å². The van der Waals surface area contributed by atoms with Crippen molar-refractivity contribution in [3.8, 4) is 0 Å². The average Bonchev–Trinajstić information content (AvgIpc) is 2.90. The first kappa shape index (κ1) is 32.4. The Morgan fingerprint density at radius 2 is 1.52 bits per heavy atom. The number of piperidine rings is 1. The number of aromatic nitrogens is 2. The molecular weight excluding hydrogens is 524 g/mol. The number of hydrogen-bond acceptors (Lipinski definition) is 8. The summed E-state index contributed by atoms with van der Waals surface area (Å²) in [6.07, 6.45) is 2.59. The molecule has 1 aliphatic rings. The predicted molar refractivity (Wildman–Crippen MR) is 145 cm³/mol. The van der Waals surface area contributed by atoms with Gasteiger partial charge in [-0.15, -0.1) is 0 Å². The van der Waals surface area contributed by atoms with Gasteiger partial charge in [-0.1, -0.05) is 31.5 Å². The molecule has 4 N–H and O–H groups in total. The van der Waals surface area contributed by atoms with Crippen molar-refractivity contribution in [2.75, 3.05) is 33.2 Å². The Morgan fingerprint density at radius 3 is 2.05 bits per heavy atom. The average molecular weight is 563 g/mol. The number of fused-ring (bicyclic) bond motifs is 1. The van der Waals surface area contributed by atoms with Crippen LogP contribution in [0.25, 0.3) is 10.8 Å². The van der Waals surface area contributed by atoms with Gasteiger partial charge < -0.3 is 30.2 Å². The van der Waals surface area contributed by atoms with Gasteiger partial charge in [-0.05, 0) is 38.4 Å². The zero-order chi connectivity index (χ0) is 29.9. The second-order valence-corrected chi connectivity index (χ2v) is 9.89. The standard InChI is InChI=1S/C21H30N4O2.C6H8O7/c1-3-11-25-21(27)18-10-6-5-9-17(18)19(22-25)16-20(26)23(2)14-15-24-12-7-4-8-13-24;7-3(8)1-6(13,5(11)12)2-4(9)10/h5-6,9-10H,3-4,7-8,11-16H2,1-2H3;13H,1-2H2,(H,7,8)(H,9,10)(H,11,12). The van der Waals surface area contributed by atoms with E-state index in [1.54, 1.807) is 4.90 Å². The predicted octanol–water partition coefficient (Wildman–Crippen LogP) is 1.04. The molecule has 40 heavy (non-hydrogen) atoms. The van der Waals surface area contributed by atoms with Gasteiger partial charge >= 0.3 is 17.9 Å². The third-order valence-corrected chi connectivity index (χ3v) is 6.61. The largest absolute Gasteiger partial charge is 0.481 e. The molecule has 1 aromatic carbocycles. The zero-order valence-corrected chi connectivity index (χ0v) is 22.9. The fourth-order valence-electron chi connectivity index (χ4n) is 4.39. The van der Waals surface area contributed by atoms with Crippen LogP contribution < -0.4 is 5.56 Å². The molecular formula is C27H38N4O9. The highest BCUT2D eigenvalue weighted by Crippen LogP contribution is 2.16. The first-order valence-corrected chi connectivity index (χ1v) is 13.2. The number of likely N-dealkylation sites (tertiary alicyclic amines) is 1. The Labute approximate surface area is 231 Å². The van der Waals surface area contributed by atoms with E-state index in [4.69, 9.17) is 20.4 Å². The molecule has 13 nitrogen and oxygen atoms in total. The van der Waals surface area contributed by atoms with Crippen molar-refractivity contribution in [3.05, 3.63) is 40.3 Å². The number of aliphatic carboxylic acids is 3. The van der Waals surface area contributed by atoms with Crippen LogP contribution in [0.2, 0.25) is 0 Å². The van der Waals surface area contributed by atoms with Gasteiger partial charge in [0.15, 0.2) is 5.60 Å². The highest BCUT2D eigenvalue weighted by molar-refractivity contribution is 5.89. The van der Waals surface area contributed by atoms with E-state index >= 15 is 0 Å². The zero-order valence-electron chi connectivity index (χ0n) is 22.9. The van der Waals surface area contributed by atoms with Gasteiger partial charge in [0, 0.05) is 32.1 Å². The number of carboxylic acids is 3. The van der Waals surface area contributed by atoms with Gasteiger partial charge in [-0.2, -0.15) is 5.10 Å². The maximum absolute atomic E-state index is 12.8. The van der Waals surface area contributed by atoms with E-state index in [1.165, 1.54) is 23.9 Å². The van der Waals surface area contributed by atoms with Crippen molar-refractivity contribution in [2.24, 2.45) is 0 Å². The topological polar surface area (TPSA) is 191 Å². The van der Waals surface area contributed by atoms with E-state index in [2.05, 4.69) is 10.00 Å². The highest BCUT2D eigenvalue weighted by Gasteiger charge is 2.40. The minimum absolute atomic E-state index is 0.0476. The second-order valence-electron chi connectivity index (χ2n) is 9.89. The summed E-state index contributed by atoms with van der Waals surface area (Å²) in [6.45, 7) is 6.50. The number of rotatable bonds is 12. The number of benzene rings is 1. The lowest BCUT2D eigenvalue weighted by Gasteiger charge is -2.28. The van der Waals surface area contributed by atoms with Crippen molar-refractivity contribution in [1.29, 1.82) is 0 Å². The summed E-state index contributed by atoms with van der Waals surface area (Å²) >= 11 is 0. The van der Waals surface area contributed by atoms with Gasteiger partial charge in [0.1, 0.15) is 0 Å². The molecule has 3 rings (SSSR count). The summed E-state index contributed by atoms with van der Waals surface area (Å²) in [4.78, 5) is 60.0. The molecule has 2 heterocycles. The van der Waals surface area contributed by atoms with Crippen LogP contribution in [0, 0.1) is 0 Å². The summed E-state index contributed by atoms with van der Waals surface area (Å²) in [5.74, 6) is -4.97. The van der Waals surface area contributed by atoms with E-state index in [9.17, 15) is 24.0 Å². The number of hydrogen-bond donors (Lipinski definition) is 4. The van der Waals surface area contributed by atoms with Gasteiger partial charge in [-0.3, -0.25) is 19.2 Å². The highest BCUT2D eigenvalue weighted by atomic mass is 16.4. The van der Waals surface area contributed by atoms with Gasteiger partial charge in [0.2, 0.25) is 5.91 Å². The van der Waals surface area contributed by atoms with Gasteiger partial charge in [-0.25, -0.2) is 9.48 Å². The number of carboxylic acid groups (broad SMARTS) is 3. The molecule has 1 amide bonds. The Balaban J connectivity index is 0.000000366. The van der Waals surface area contributed by atoms with Gasteiger partial charge in [0.05, 0.1) is 30.3 Å². The first-order valence-electron chi connectivity index (χ1n) is 13.2. The molecule has 2 aromatic rings. The molecule has 0 aliphatic carbocycles. The van der Waals surface area contributed by atoms with Crippen LogP contribution in [0.3, 0.4) is 0 Å². The summed E-state index contributed by atoms with van der Waals surface area (Å²) < 4.78 is 1.50. The lowest BCUT2D eigenvalue weighted by molar-refractivity contribution is -0.170. The van der Waals surface area contributed by atoms with Crippen molar-refractivity contribution < 1.29 is 39.6 Å². The summed E-state index contributed by atoms with van der Waals surface area (Å²) in [6, 6.07) is 7.45. The molecule has 1 saturated heterocycles. The molecule has 0 unspecified atom stereocenters. The molecule has 1 aromatic heterocycles. The van der Waals surface area contributed by atoms with Crippen LogP contribution in [0.4, 0.5) is 0 Å². The fraction of sp³-hybridized carbons (Fsp3) is 0.556. The normalized spacial score (nSPS) is 13.8. The Hall–Kier alpha value is -3.84. The molecule has 1 aliphatic heterocycles. The molecule has 0 bridgehead atoms. The maximum Gasteiger partial charge on any atom is 0.336 e. The molecule has 220 valence electrons. The number of amides is 1. The Morgan fingerprint density at radius 1 is 0.950 bits per heavy atom. The van der Waals surface area contributed by atoms with Crippen LogP contribution in [-0.2, 0) is 32.1 Å². The van der Waals surface area contributed by atoms with Crippen LogP contribution in [0.1, 0.15) is 51.1 Å². The molecule has 0 spiro atoms. The molecule has 0 atom stereocenters. The Bertz CT molecular complexity index is 1240. The molecule has 0 radical (unpaired) electrons. The van der Waals surface area contributed by atoms with Gasteiger partial charge in [0.25, 0.3) is 5.56 Å².